The third-order valence-corrected chi connectivity index (χ3v) is 4.42. The van der Waals surface area contributed by atoms with Gasteiger partial charge < -0.3 is 15.1 Å². The molecule has 0 aliphatic carbocycles. The number of nitrogens with zero attached hydrogens (tertiary/aromatic N) is 2. The lowest BCUT2D eigenvalue weighted by atomic mass is 9.84. The molecule has 0 spiro atoms. The van der Waals surface area contributed by atoms with Crippen LogP contribution in [-0.4, -0.2) is 55.8 Å². The molecule has 1 aliphatic heterocycles. The fourth-order valence-corrected chi connectivity index (χ4v) is 3.16. The van der Waals surface area contributed by atoms with E-state index in [4.69, 9.17) is 0 Å². The average molecular weight is 317 g/mol. The molecule has 1 aliphatic rings. The van der Waals surface area contributed by atoms with Gasteiger partial charge in [-0.1, -0.05) is 30.3 Å². The average Bonchev–Trinajstić information content (AvgIpc) is 2.54. The number of nitrogens with one attached hydrogen (secondary N) is 1. The monoisotopic (exact) mass is 317 g/mol. The first kappa shape index (κ1) is 17.5. The Morgan fingerprint density at radius 2 is 2.00 bits per heavy atom. The number of hydrogen-bond donors (Lipinski definition) is 1. The highest BCUT2D eigenvalue weighted by Gasteiger charge is 2.38. The zero-order valence-corrected chi connectivity index (χ0v) is 14.3. The molecule has 0 aromatic heterocycles. The molecule has 23 heavy (non-hydrogen) atoms. The Labute approximate surface area is 138 Å². The van der Waals surface area contributed by atoms with E-state index in [-0.39, 0.29) is 23.8 Å². The van der Waals surface area contributed by atoms with Crippen molar-refractivity contribution in [2.75, 3.05) is 34.2 Å². The van der Waals surface area contributed by atoms with Crippen molar-refractivity contribution in [3.8, 4) is 0 Å². The Hall–Kier alpha value is -1.88. The maximum atomic E-state index is 12.6. The molecule has 1 aromatic carbocycles. The van der Waals surface area contributed by atoms with Gasteiger partial charge in [0.25, 0.3) is 0 Å². The van der Waals surface area contributed by atoms with Gasteiger partial charge in [-0.05, 0) is 39.0 Å². The van der Waals surface area contributed by atoms with E-state index in [1.54, 1.807) is 11.9 Å². The fourth-order valence-electron chi connectivity index (χ4n) is 3.16. The molecule has 1 saturated heterocycles. The summed E-state index contributed by atoms with van der Waals surface area (Å²) in [5.41, 5.74) is 1.02. The van der Waals surface area contributed by atoms with Gasteiger partial charge in [-0.25, -0.2) is 0 Å². The molecular formula is C18H27N3O2. The lowest BCUT2D eigenvalue weighted by Crippen LogP contribution is -2.46. The SMILES string of the molecule is CN(C)CCCNC(=O)C1CCC(=O)N(C)C1c1ccccc1. The van der Waals surface area contributed by atoms with Gasteiger partial charge in [-0.15, -0.1) is 0 Å². The van der Waals surface area contributed by atoms with Gasteiger partial charge in [0.15, 0.2) is 0 Å². The number of piperidine rings is 1. The van der Waals surface area contributed by atoms with E-state index in [0.29, 0.717) is 19.4 Å². The Balaban J connectivity index is 2.05. The minimum atomic E-state index is -0.181. The maximum Gasteiger partial charge on any atom is 0.225 e. The van der Waals surface area contributed by atoms with E-state index < -0.39 is 0 Å². The Morgan fingerprint density at radius 3 is 2.65 bits per heavy atom. The van der Waals surface area contributed by atoms with Crippen molar-refractivity contribution >= 4 is 11.8 Å². The van der Waals surface area contributed by atoms with Crippen molar-refractivity contribution in [1.82, 2.24) is 15.1 Å². The van der Waals surface area contributed by atoms with E-state index >= 15 is 0 Å². The van der Waals surface area contributed by atoms with Gasteiger partial charge in [-0.2, -0.15) is 0 Å². The number of likely N-dealkylation sites (tertiary alicyclic amines) is 1. The van der Waals surface area contributed by atoms with Crippen LogP contribution in [0.15, 0.2) is 30.3 Å². The first-order chi connectivity index (χ1) is 11.0. The van der Waals surface area contributed by atoms with Crippen LogP contribution in [0.5, 0.6) is 0 Å². The minimum Gasteiger partial charge on any atom is -0.356 e. The summed E-state index contributed by atoms with van der Waals surface area (Å²) < 4.78 is 0. The second kappa shape index (κ2) is 8.11. The van der Waals surface area contributed by atoms with Gasteiger partial charge in [0.2, 0.25) is 11.8 Å². The van der Waals surface area contributed by atoms with Gasteiger partial charge in [0, 0.05) is 20.0 Å². The van der Waals surface area contributed by atoms with Crippen LogP contribution in [0, 0.1) is 5.92 Å². The van der Waals surface area contributed by atoms with Crippen LogP contribution in [0.4, 0.5) is 0 Å². The highest BCUT2D eigenvalue weighted by atomic mass is 16.2. The van der Waals surface area contributed by atoms with Crippen molar-refractivity contribution in [3.63, 3.8) is 0 Å². The summed E-state index contributed by atoms with van der Waals surface area (Å²) >= 11 is 0. The van der Waals surface area contributed by atoms with Gasteiger partial charge in [0.05, 0.1) is 12.0 Å². The van der Waals surface area contributed by atoms with Crippen molar-refractivity contribution in [3.05, 3.63) is 35.9 Å². The van der Waals surface area contributed by atoms with Crippen molar-refractivity contribution in [2.45, 2.75) is 25.3 Å². The molecule has 1 fully saturated rings. The fraction of sp³-hybridized carbons (Fsp3) is 0.556. The summed E-state index contributed by atoms with van der Waals surface area (Å²) in [6, 6.07) is 9.66. The smallest absolute Gasteiger partial charge is 0.225 e. The quantitative estimate of drug-likeness (QED) is 0.812. The molecule has 2 atom stereocenters. The lowest BCUT2D eigenvalue weighted by molar-refractivity contribution is -0.141. The van der Waals surface area contributed by atoms with E-state index in [0.717, 1.165) is 18.5 Å². The van der Waals surface area contributed by atoms with Crippen molar-refractivity contribution < 1.29 is 9.59 Å². The van der Waals surface area contributed by atoms with Gasteiger partial charge in [-0.3, -0.25) is 9.59 Å². The Kier molecular flexibility index (Phi) is 6.16. The zero-order valence-electron chi connectivity index (χ0n) is 14.3. The molecule has 1 N–H and O–H groups in total. The van der Waals surface area contributed by atoms with Crippen LogP contribution >= 0.6 is 0 Å². The van der Waals surface area contributed by atoms with Crippen LogP contribution in [0.2, 0.25) is 0 Å². The lowest BCUT2D eigenvalue weighted by Gasteiger charge is -2.38. The van der Waals surface area contributed by atoms with E-state index in [9.17, 15) is 9.59 Å². The number of carbonyl (C=O) groups is 2. The predicted molar refractivity (Wildman–Crippen MR) is 90.9 cm³/mol. The zero-order chi connectivity index (χ0) is 16.8. The first-order valence-electron chi connectivity index (χ1n) is 8.23. The predicted octanol–water partition coefficient (Wildman–Crippen LogP) is 1.66. The molecule has 5 heteroatoms. The van der Waals surface area contributed by atoms with Gasteiger partial charge >= 0.3 is 0 Å². The topological polar surface area (TPSA) is 52.7 Å². The third kappa shape index (κ3) is 4.55. The molecule has 126 valence electrons. The third-order valence-electron chi connectivity index (χ3n) is 4.42. The maximum absolute atomic E-state index is 12.6. The summed E-state index contributed by atoms with van der Waals surface area (Å²) in [5, 5.41) is 3.04. The number of rotatable bonds is 6. The molecule has 2 unspecified atom stereocenters. The molecule has 0 saturated carbocycles. The Bertz CT molecular complexity index is 530. The van der Waals surface area contributed by atoms with Crippen LogP contribution < -0.4 is 5.32 Å². The minimum absolute atomic E-state index is 0.0527. The molecule has 2 rings (SSSR count). The molecule has 0 bridgehead atoms. The number of hydrogen-bond acceptors (Lipinski definition) is 3. The summed E-state index contributed by atoms with van der Waals surface area (Å²) in [6.45, 7) is 1.62. The van der Waals surface area contributed by atoms with Crippen LogP contribution in [0.3, 0.4) is 0 Å². The normalized spacial score (nSPS) is 21.6. The number of benzene rings is 1. The molecule has 2 amide bonds. The van der Waals surface area contributed by atoms with Crippen LogP contribution in [0.25, 0.3) is 0 Å². The summed E-state index contributed by atoms with van der Waals surface area (Å²) in [5.74, 6) is -0.0214. The first-order valence-corrected chi connectivity index (χ1v) is 8.23. The van der Waals surface area contributed by atoms with Crippen molar-refractivity contribution in [1.29, 1.82) is 0 Å². The van der Waals surface area contributed by atoms with Crippen molar-refractivity contribution in [2.24, 2.45) is 5.92 Å². The highest BCUT2D eigenvalue weighted by Crippen LogP contribution is 2.35. The molecule has 5 nitrogen and oxygen atoms in total. The second-order valence-corrected chi connectivity index (χ2v) is 6.45. The molecule has 1 heterocycles. The number of amides is 2. The summed E-state index contributed by atoms with van der Waals surface area (Å²) in [7, 11) is 5.84. The van der Waals surface area contributed by atoms with Gasteiger partial charge in [0.1, 0.15) is 0 Å². The highest BCUT2D eigenvalue weighted by molar-refractivity contribution is 5.84. The molecule has 0 radical (unpaired) electrons. The van der Waals surface area contributed by atoms with E-state index in [1.807, 2.05) is 44.4 Å². The van der Waals surface area contributed by atoms with Crippen LogP contribution in [0.1, 0.15) is 30.9 Å². The van der Waals surface area contributed by atoms with E-state index in [1.165, 1.54) is 0 Å². The second-order valence-electron chi connectivity index (χ2n) is 6.45. The standard InChI is InChI=1S/C18H27N3O2/c1-20(2)13-7-12-19-18(23)15-10-11-16(22)21(3)17(15)14-8-5-4-6-9-14/h4-6,8-9,15,17H,7,10-13H2,1-3H3,(H,19,23). The molecular weight excluding hydrogens is 290 g/mol. The Morgan fingerprint density at radius 1 is 1.30 bits per heavy atom. The molecule has 1 aromatic rings. The summed E-state index contributed by atoms with van der Waals surface area (Å²) in [6.07, 6.45) is 1.98. The van der Waals surface area contributed by atoms with E-state index in [2.05, 4.69) is 10.2 Å². The van der Waals surface area contributed by atoms with Crippen LogP contribution in [-0.2, 0) is 9.59 Å². The summed E-state index contributed by atoms with van der Waals surface area (Å²) in [4.78, 5) is 28.5. The number of carbonyl (C=O) groups excluding carboxylic acids is 2. The largest absolute Gasteiger partial charge is 0.356 e.